The van der Waals surface area contributed by atoms with Crippen molar-refractivity contribution in [3.63, 3.8) is 0 Å². The number of hydrogen-bond acceptors (Lipinski definition) is 8. The molecule has 0 aliphatic heterocycles. The normalized spacial score (nSPS) is 11.7. The van der Waals surface area contributed by atoms with Crippen molar-refractivity contribution in [2.75, 3.05) is 36.7 Å². The van der Waals surface area contributed by atoms with Crippen LogP contribution in [0.1, 0.15) is 29.3 Å². The molecule has 0 radical (unpaired) electrons. The minimum absolute atomic E-state index is 0.0905. The van der Waals surface area contributed by atoms with E-state index in [2.05, 4.69) is 20.9 Å². The van der Waals surface area contributed by atoms with Gasteiger partial charge in [-0.05, 0) is 84.8 Å². The van der Waals surface area contributed by atoms with Gasteiger partial charge in [0.25, 0.3) is 11.8 Å². The Morgan fingerprint density at radius 2 is 1.65 bits per heavy atom. The summed E-state index contributed by atoms with van der Waals surface area (Å²) in [6, 6.07) is 31.3. The number of thiazole rings is 1. The molecule has 11 heteroatoms. The van der Waals surface area contributed by atoms with Crippen LogP contribution in [-0.4, -0.2) is 49.2 Å². The van der Waals surface area contributed by atoms with Crippen molar-refractivity contribution < 1.29 is 19.1 Å². The Balaban J connectivity index is 1.27. The van der Waals surface area contributed by atoms with Gasteiger partial charge in [0, 0.05) is 46.9 Å². The molecule has 49 heavy (non-hydrogen) atoms. The molecule has 1 heterocycles. The molecule has 5 aromatic rings. The lowest BCUT2D eigenvalue weighted by Gasteiger charge is -2.15. The summed E-state index contributed by atoms with van der Waals surface area (Å²) in [7, 11) is 5.52. The van der Waals surface area contributed by atoms with Crippen LogP contribution in [0.3, 0.4) is 0 Å². The van der Waals surface area contributed by atoms with Gasteiger partial charge in [-0.2, -0.15) is 0 Å². The van der Waals surface area contributed by atoms with Crippen molar-refractivity contribution in [3.8, 4) is 17.0 Å². The van der Waals surface area contributed by atoms with E-state index in [0.29, 0.717) is 22.8 Å². The first-order chi connectivity index (χ1) is 23.7. The van der Waals surface area contributed by atoms with Crippen LogP contribution in [0.5, 0.6) is 5.75 Å². The van der Waals surface area contributed by atoms with Gasteiger partial charge in [0.2, 0.25) is 5.91 Å². The van der Waals surface area contributed by atoms with Gasteiger partial charge in [0.15, 0.2) is 5.13 Å². The highest BCUT2D eigenvalue weighted by molar-refractivity contribution is 8.00. The third-order valence-electron chi connectivity index (χ3n) is 7.40. The second-order valence-electron chi connectivity index (χ2n) is 11.1. The number of thioether (sulfide) groups is 1. The highest BCUT2D eigenvalue weighted by Gasteiger charge is 2.21. The topological polar surface area (TPSA) is 113 Å². The number of amides is 3. The largest absolute Gasteiger partial charge is 0.497 e. The Bertz CT molecular complexity index is 1920. The molecule has 0 saturated carbocycles. The van der Waals surface area contributed by atoms with Crippen LogP contribution < -0.4 is 25.6 Å². The number of anilines is 3. The molecule has 0 fully saturated rings. The molecule has 4 aromatic carbocycles. The molecular formula is C38H37N5O4S2. The van der Waals surface area contributed by atoms with Crippen molar-refractivity contribution in [3.05, 3.63) is 125 Å². The zero-order chi connectivity index (χ0) is 34.8. The van der Waals surface area contributed by atoms with E-state index in [-0.39, 0.29) is 11.6 Å². The monoisotopic (exact) mass is 691 g/mol. The van der Waals surface area contributed by atoms with E-state index < -0.39 is 17.1 Å². The van der Waals surface area contributed by atoms with Crippen LogP contribution in [0.25, 0.3) is 17.3 Å². The van der Waals surface area contributed by atoms with E-state index >= 15 is 0 Å². The molecule has 0 aliphatic rings. The van der Waals surface area contributed by atoms with E-state index in [1.54, 1.807) is 43.5 Å². The summed E-state index contributed by atoms with van der Waals surface area (Å²) in [6.07, 6.45) is 2.22. The molecule has 5 rings (SSSR count). The molecular weight excluding hydrogens is 655 g/mol. The quantitative estimate of drug-likeness (QED) is 0.0853. The summed E-state index contributed by atoms with van der Waals surface area (Å²) in [4.78, 5) is 47.3. The predicted octanol–water partition coefficient (Wildman–Crippen LogP) is 7.80. The maximum Gasteiger partial charge on any atom is 0.272 e. The summed E-state index contributed by atoms with van der Waals surface area (Å²) in [5, 5.41) is 10.7. The summed E-state index contributed by atoms with van der Waals surface area (Å²) < 4.78 is 5.23. The van der Waals surface area contributed by atoms with Crippen molar-refractivity contribution in [2.45, 2.75) is 23.5 Å². The Morgan fingerprint density at radius 3 is 2.33 bits per heavy atom. The maximum absolute atomic E-state index is 13.6. The van der Waals surface area contributed by atoms with Gasteiger partial charge >= 0.3 is 0 Å². The van der Waals surface area contributed by atoms with Gasteiger partial charge in [0.1, 0.15) is 11.4 Å². The summed E-state index contributed by atoms with van der Waals surface area (Å²) in [5.74, 6) is -0.280. The van der Waals surface area contributed by atoms with Gasteiger partial charge < -0.3 is 25.6 Å². The number of methoxy groups -OCH3 is 1. The van der Waals surface area contributed by atoms with Gasteiger partial charge in [0.05, 0.1) is 18.1 Å². The molecule has 0 aliphatic carbocycles. The number of carbonyl (C=O) groups excluding carboxylic acids is 3. The molecule has 0 bridgehead atoms. The highest BCUT2D eigenvalue weighted by Crippen LogP contribution is 2.31. The van der Waals surface area contributed by atoms with Crippen LogP contribution in [0.15, 0.2) is 119 Å². The van der Waals surface area contributed by atoms with Gasteiger partial charge in [-0.1, -0.05) is 43.3 Å². The second kappa shape index (κ2) is 16.6. The van der Waals surface area contributed by atoms with Crippen molar-refractivity contribution >= 4 is 63.4 Å². The lowest BCUT2D eigenvalue weighted by atomic mass is 10.1. The average Bonchev–Trinajstić information content (AvgIpc) is 3.59. The number of aromatic nitrogens is 1. The second-order valence-corrected chi connectivity index (χ2v) is 13.3. The fourth-order valence-corrected chi connectivity index (χ4v) is 6.46. The zero-order valence-corrected chi connectivity index (χ0v) is 29.2. The maximum atomic E-state index is 13.6. The standard InChI is InChI=1S/C38H37N5O4S2/c1-5-34(37(46)42-38-41-33(24-48-38)26-16-20-30(47-4)21-17-26)49-31-13-9-12-28(23-31)39-36(45)32(40-35(44)27-10-7-6-8-11-27)22-25-14-18-29(19-15-25)43(2)3/h6-24,34H,5H2,1-4H3,(H,39,45)(H,40,44)(H,41,42,46)/b32-22+. The highest BCUT2D eigenvalue weighted by atomic mass is 32.2. The van der Waals surface area contributed by atoms with Crippen LogP contribution >= 0.6 is 23.1 Å². The molecule has 1 atom stereocenters. The smallest absolute Gasteiger partial charge is 0.272 e. The van der Waals surface area contributed by atoms with Crippen molar-refractivity contribution in [2.24, 2.45) is 0 Å². The first-order valence-electron chi connectivity index (χ1n) is 15.6. The van der Waals surface area contributed by atoms with Crippen LogP contribution in [-0.2, 0) is 9.59 Å². The Morgan fingerprint density at radius 1 is 0.918 bits per heavy atom. The summed E-state index contributed by atoms with van der Waals surface area (Å²) >= 11 is 2.76. The Hall–Kier alpha value is -5.39. The van der Waals surface area contributed by atoms with Crippen molar-refractivity contribution in [1.29, 1.82) is 0 Å². The molecule has 3 amide bonds. The van der Waals surface area contributed by atoms with E-state index in [4.69, 9.17) is 4.74 Å². The molecule has 0 spiro atoms. The first-order valence-corrected chi connectivity index (χ1v) is 17.3. The number of ether oxygens (including phenoxy) is 1. The molecule has 9 nitrogen and oxygen atoms in total. The predicted molar refractivity (Wildman–Crippen MR) is 200 cm³/mol. The minimum atomic E-state index is -0.482. The first kappa shape index (κ1) is 34.9. The number of hydrogen-bond donors (Lipinski definition) is 3. The molecule has 1 aromatic heterocycles. The number of carbonyl (C=O) groups is 3. The van der Waals surface area contributed by atoms with Gasteiger partial charge in [-0.3, -0.25) is 14.4 Å². The summed E-state index contributed by atoms with van der Waals surface area (Å²) in [6.45, 7) is 1.95. The molecule has 250 valence electrons. The fraction of sp³-hybridized carbons (Fsp3) is 0.158. The number of nitrogens with one attached hydrogen (secondary N) is 3. The van der Waals surface area contributed by atoms with Gasteiger partial charge in [-0.15, -0.1) is 23.1 Å². The zero-order valence-electron chi connectivity index (χ0n) is 27.6. The fourth-order valence-electron chi connectivity index (χ4n) is 4.72. The molecule has 1 unspecified atom stereocenters. The Kier molecular flexibility index (Phi) is 11.9. The lowest BCUT2D eigenvalue weighted by Crippen LogP contribution is -2.30. The summed E-state index contributed by atoms with van der Waals surface area (Å²) in [5.41, 5.74) is 4.51. The van der Waals surface area contributed by atoms with E-state index in [0.717, 1.165) is 33.2 Å². The van der Waals surface area contributed by atoms with Crippen LogP contribution in [0, 0.1) is 0 Å². The SMILES string of the molecule is CCC(Sc1cccc(NC(=O)/C(=C\c2ccc(N(C)C)cc2)NC(=O)c2ccccc2)c1)C(=O)Nc1nc(-c2ccc(OC)cc2)cs1. The van der Waals surface area contributed by atoms with Crippen LogP contribution in [0.4, 0.5) is 16.5 Å². The minimum Gasteiger partial charge on any atom is -0.497 e. The van der Waals surface area contributed by atoms with Crippen molar-refractivity contribution in [1.82, 2.24) is 10.3 Å². The van der Waals surface area contributed by atoms with E-state index in [1.807, 2.05) is 104 Å². The molecule has 3 N–H and O–H groups in total. The number of rotatable bonds is 13. The lowest BCUT2D eigenvalue weighted by molar-refractivity contribution is -0.116. The third kappa shape index (κ3) is 9.59. The van der Waals surface area contributed by atoms with E-state index in [1.165, 1.54) is 23.1 Å². The Labute approximate surface area is 294 Å². The number of nitrogens with zero attached hydrogens (tertiary/aromatic N) is 2. The number of benzene rings is 4. The average molecular weight is 692 g/mol. The van der Waals surface area contributed by atoms with Crippen LogP contribution in [0.2, 0.25) is 0 Å². The molecule has 0 saturated heterocycles. The van der Waals surface area contributed by atoms with E-state index in [9.17, 15) is 14.4 Å². The van der Waals surface area contributed by atoms with Gasteiger partial charge in [-0.25, -0.2) is 4.98 Å². The third-order valence-corrected chi connectivity index (χ3v) is 9.52.